The molecule has 0 aliphatic carbocycles. The van der Waals surface area contributed by atoms with Gasteiger partial charge in [0.2, 0.25) is 0 Å². The quantitative estimate of drug-likeness (QED) is 0.774. The lowest BCUT2D eigenvalue weighted by Crippen LogP contribution is -2.02. The summed E-state index contributed by atoms with van der Waals surface area (Å²) in [5.41, 5.74) is 6.24. The number of rotatable bonds is 4. The summed E-state index contributed by atoms with van der Waals surface area (Å²) in [6.45, 7) is 6.21. The molecule has 1 heterocycles. The van der Waals surface area contributed by atoms with Crippen LogP contribution in [0.3, 0.4) is 0 Å². The van der Waals surface area contributed by atoms with E-state index in [1.54, 1.807) is 10.7 Å². The Balaban J connectivity index is 2.16. The minimum absolute atomic E-state index is 0.0443. The maximum atomic E-state index is 11.4. The molecule has 0 saturated carbocycles. The second-order valence-electron chi connectivity index (χ2n) is 5.95. The van der Waals surface area contributed by atoms with Crippen LogP contribution in [0.5, 0.6) is 0 Å². The van der Waals surface area contributed by atoms with Gasteiger partial charge < -0.3 is 5.11 Å². The molecule has 0 radical (unpaired) electrons. The van der Waals surface area contributed by atoms with E-state index in [0.717, 1.165) is 23.4 Å². The van der Waals surface area contributed by atoms with E-state index in [-0.39, 0.29) is 5.69 Å². The predicted octanol–water partition coefficient (Wildman–Crippen LogP) is 4.42. The number of nitrogens with zero attached hydrogens (tertiary/aromatic N) is 2. The van der Waals surface area contributed by atoms with Crippen LogP contribution in [0.2, 0.25) is 0 Å². The van der Waals surface area contributed by atoms with Crippen LogP contribution in [0.25, 0.3) is 16.9 Å². The Morgan fingerprint density at radius 3 is 2.33 bits per heavy atom. The Kier molecular flexibility index (Phi) is 4.21. The highest BCUT2D eigenvalue weighted by Gasteiger charge is 2.16. The fourth-order valence-electron chi connectivity index (χ4n) is 2.66. The molecule has 0 aliphatic heterocycles. The first-order valence-corrected chi connectivity index (χ1v) is 8.00. The van der Waals surface area contributed by atoms with Gasteiger partial charge >= 0.3 is 5.97 Å². The molecule has 1 aromatic heterocycles. The average molecular weight is 320 g/mol. The summed E-state index contributed by atoms with van der Waals surface area (Å²) >= 11 is 0. The maximum Gasteiger partial charge on any atom is 0.356 e. The van der Waals surface area contributed by atoms with E-state index in [1.807, 2.05) is 43.3 Å². The number of aromatic nitrogens is 2. The Hall–Kier alpha value is -2.88. The van der Waals surface area contributed by atoms with Gasteiger partial charge in [-0.15, -0.1) is 0 Å². The third-order valence-electron chi connectivity index (χ3n) is 4.32. The van der Waals surface area contributed by atoms with Crippen LogP contribution < -0.4 is 0 Å². The van der Waals surface area contributed by atoms with Crippen molar-refractivity contribution in [3.05, 3.63) is 70.9 Å². The summed E-state index contributed by atoms with van der Waals surface area (Å²) in [7, 11) is 0. The van der Waals surface area contributed by atoms with E-state index in [2.05, 4.69) is 25.0 Å². The van der Waals surface area contributed by atoms with Crippen LogP contribution in [0, 0.1) is 13.8 Å². The Morgan fingerprint density at radius 2 is 1.75 bits per heavy atom. The fourth-order valence-corrected chi connectivity index (χ4v) is 2.66. The van der Waals surface area contributed by atoms with E-state index >= 15 is 0 Å². The van der Waals surface area contributed by atoms with Crippen molar-refractivity contribution < 1.29 is 9.90 Å². The number of carbonyl (C=O) groups is 1. The molecule has 0 fully saturated rings. The molecule has 4 nitrogen and oxygen atoms in total. The number of aryl methyl sites for hydroxylation is 3. The molecule has 0 atom stereocenters. The third-order valence-corrected chi connectivity index (χ3v) is 4.32. The average Bonchev–Trinajstić information content (AvgIpc) is 3.03. The summed E-state index contributed by atoms with van der Waals surface area (Å²) in [5, 5.41) is 13.6. The molecule has 24 heavy (non-hydrogen) atoms. The van der Waals surface area contributed by atoms with Gasteiger partial charge in [-0.05, 0) is 61.2 Å². The zero-order valence-corrected chi connectivity index (χ0v) is 14.1. The lowest BCUT2D eigenvalue weighted by Gasteiger charge is -2.10. The van der Waals surface area contributed by atoms with Crippen LogP contribution in [0.4, 0.5) is 0 Å². The van der Waals surface area contributed by atoms with Gasteiger partial charge in [0.05, 0.1) is 11.4 Å². The predicted molar refractivity (Wildman–Crippen MR) is 94.8 cm³/mol. The van der Waals surface area contributed by atoms with Crippen molar-refractivity contribution in [2.45, 2.75) is 27.2 Å². The summed E-state index contributed by atoms with van der Waals surface area (Å²) in [6.07, 6.45) is 0.962. The van der Waals surface area contributed by atoms with Gasteiger partial charge in [0.1, 0.15) is 0 Å². The van der Waals surface area contributed by atoms with Gasteiger partial charge in [0, 0.05) is 5.56 Å². The van der Waals surface area contributed by atoms with Crippen molar-refractivity contribution in [3.8, 4) is 16.9 Å². The zero-order chi connectivity index (χ0) is 17.3. The van der Waals surface area contributed by atoms with Crippen molar-refractivity contribution in [2.24, 2.45) is 0 Å². The molecule has 0 saturated heterocycles. The summed E-state index contributed by atoms with van der Waals surface area (Å²) < 4.78 is 1.70. The molecular weight excluding hydrogens is 300 g/mol. The van der Waals surface area contributed by atoms with E-state index < -0.39 is 5.97 Å². The molecular formula is C20H20N2O2. The van der Waals surface area contributed by atoms with Gasteiger partial charge in [-0.3, -0.25) is 0 Å². The monoisotopic (exact) mass is 320 g/mol. The Morgan fingerprint density at radius 1 is 1.04 bits per heavy atom. The molecule has 3 aromatic rings. The standard InChI is InChI=1S/C20H20N2O2/c1-4-15-6-9-17(10-7-15)22-19(12-18(21-22)20(23)24)16-8-5-13(2)14(3)11-16/h5-12H,4H2,1-3H3,(H,23,24). The van der Waals surface area contributed by atoms with Crippen molar-refractivity contribution >= 4 is 5.97 Å². The first-order chi connectivity index (χ1) is 11.5. The van der Waals surface area contributed by atoms with Crippen LogP contribution in [-0.4, -0.2) is 20.9 Å². The SMILES string of the molecule is CCc1ccc(-n2nc(C(=O)O)cc2-c2ccc(C)c(C)c2)cc1. The number of carboxylic acid groups (broad SMARTS) is 1. The van der Waals surface area contributed by atoms with E-state index in [1.165, 1.54) is 16.7 Å². The lowest BCUT2D eigenvalue weighted by atomic mass is 10.0. The molecule has 3 rings (SSSR count). The first kappa shape index (κ1) is 16.0. The largest absolute Gasteiger partial charge is 0.476 e. The fraction of sp³-hybridized carbons (Fsp3) is 0.200. The van der Waals surface area contributed by atoms with Crippen LogP contribution in [0.1, 0.15) is 34.1 Å². The van der Waals surface area contributed by atoms with Gasteiger partial charge in [-0.2, -0.15) is 5.10 Å². The van der Waals surface area contributed by atoms with E-state index in [0.29, 0.717) is 0 Å². The highest BCUT2D eigenvalue weighted by Crippen LogP contribution is 2.26. The van der Waals surface area contributed by atoms with Crippen LogP contribution in [0.15, 0.2) is 48.5 Å². The summed E-state index contributed by atoms with van der Waals surface area (Å²) in [6, 6.07) is 15.8. The maximum absolute atomic E-state index is 11.4. The molecule has 1 N–H and O–H groups in total. The molecule has 0 unspecified atom stereocenters. The number of carboxylic acids is 1. The molecule has 0 spiro atoms. The smallest absolute Gasteiger partial charge is 0.356 e. The number of hydrogen-bond donors (Lipinski definition) is 1. The lowest BCUT2D eigenvalue weighted by molar-refractivity contribution is 0.0690. The first-order valence-electron chi connectivity index (χ1n) is 8.00. The zero-order valence-electron chi connectivity index (χ0n) is 14.1. The summed E-state index contributed by atoms with van der Waals surface area (Å²) in [5.74, 6) is -1.02. The van der Waals surface area contributed by atoms with Gasteiger partial charge in [0.15, 0.2) is 5.69 Å². The molecule has 122 valence electrons. The number of benzene rings is 2. The molecule has 0 amide bonds. The van der Waals surface area contributed by atoms with Crippen molar-refractivity contribution in [3.63, 3.8) is 0 Å². The van der Waals surface area contributed by atoms with Crippen molar-refractivity contribution in [1.29, 1.82) is 0 Å². The van der Waals surface area contributed by atoms with E-state index in [9.17, 15) is 9.90 Å². The molecule has 0 bridgehead atoms. The Labute approximate surface area is 141 Å². The minimum atomic E-state index is -1.02. The number of aromatic carboxylic acids is 1. The van der Waals surface area contributed by atoms with Gasteiger partial charge in [-0.25, -0.2) is 9.48 Å². The highest BCUT2D eigenvalue weighted by molar-refractivity contribution is 5.87. The normalized spacial score (nSPS) is 10.8. The molecule has 2 aromatic carbocycles. The highest BCUT2D eigenvalue weighted by atomic mass is 16.4. The van der Waals surface area contributed by atoms with Crippen molar-refractivity contribution in [2.75, 3.05) is 0 Å². The second-order valence-corrected chi connectivity index (χ2v) is 5.95. The van der Waals surface area contributed by atoms with Gasteiger partial charge in [-0.1, -0.05) is 31.2 Å². The van der Waals surface area contributed by atoms with Crippen LogP contribution >= 0.6 is 0 Å². The topological polar surface area (TPSA) is 55.1 Å². The molecule has 4 heteroatoms. The van der Waals surface area contributed by atoms with Crippen molar-refractivity contribution in [1.82, 2.24) is 9.78 Å². The van der Waals surface area contributed by atoms with E-state index in [4.69, 9.17) is 0 Å². The van der Waals surface area contributed by atoms with Crippen LogP contribution in [-0.2, 0) is 6.42 Å². The number of hydrogen-bond acceptors (Lipinski definition) is 2. The minimum Gasteiger partial charge on any atom is -0.476 e. The molecule has 0 aliphatic rings. The third kappa shape index (κ3) is 2.95. The van der Waals surface area contributed by atoms with Gasteiger partial charge in [0.25, 0.3) is 0 Å². The summed E-state index contributed by atoms with van der Waals surface area (Å²) in [4.78, 5) is 11.4. The Bertz CT molecular complexity index is 893. The second kappa shape index (κ2) is 6.32.